The smallest absolute Gasteiger partial charge is 0.225 e. The third-order valence-electron chi connectivity index (χ3n) is 6.03. The zero-order valence-corrected chi connectivity index (χ0v) is 17.2. The molecule has 1 aliphatic heterocycles. The van der Waals surface area contributed by atoms with Crippen molar-refractivity contribution in [2.24, 2.45) is 10.9 Å². The van der Waals surface area contributed by atoms with E-state index in [1.165, 1.54) is 18.2 Å². The van der Waals surface area contributed by atoms with Crippen molar-refractivity contribution >= 4 is 22.6 Å². The lowest BCUT2D eigenvalue weighted by Crippen LogP contribution is -2.45. The van der Waals surface area contributed by atoms with Crippen molar-refractivity contribution in [1.82, 2.24) is 20.5 Å². The number of benzene rings is 1. The van der Waals surface area contributed by atoms with Gasteiger partial charge in [-0.3, -0.25) is 9.78 Å². The Morgan fingerprint density at radius 3 is 2.86 bits per heavy atom. The number of guanidine groups is 1. The summed E-state index contributed by atoms with van der Waals surface area (Å²) < 4.78 is 0. The van der Waals surface area contributed by atoms with Crippen molar-refractivity contribution in [3.63, 3.8) is 0 Å². The molecule has 1 unspecified atom stereocenters. The van der Waals surface area contributed by atoms with Crippen LogP contribution in [-0.4, -0.2) is 47.4 Å². The largest absolute Gasteiger partial charge is 0.357 e. The third kappa shape index (κ3) is 4.69. The first-order chi connectivity index (χ1) is 14.2. The van der Waals surface area contributed by atoms with E-state index in [9.17, 15) is 4.79 Å². The summed E-state index contributed by atoms with van der Waals surface area (Å²) in [7, 11) is 0. The van der Waals surface area contributed by atoms with E-state index in [2.05, 4.69) is 34.7 Å². The number of carbonyl (C=O) groups excluding carboxylic acids is 1. The number of likely N-dealkylation sites (tertiary alicyclic amines) is 1. The number of amides is 1. The van der Waals surface area contributed by atoms with Crippen molar-refractivity contribution in [2.75, 3.05) is 19.6 Å². The number of pyridine rings is 1. The molecule has 154 valence electrons. The molecular weight excluding hydrogens is 362 g/mol. The number of aromatic nitrogens is 1. The van der Waals surface area contributed by atoms with Crippen LogP contribution in [0.4, 0.5) is 0 Å². The molecule has 0 radical (unpaired) electrons. The topological polar surface area (TPSA) is 69.6 Å². The summed E-state index contributed by atoms with van der Waals surface area (Å²) in [5.74, 6) is 1.41. The van der Waals surface area contributed by atoms with Crippen LogP contribution in [0.5, 0.6) is 0 Å². The van der Waals surface area contributed by atoms with Gasteiger partial charge in [0.2, 0.25) is 5.91 Å². The van der Waals surface area contributed by atoms with Crippen molar-refractivity contribution in [3.8, 4) is 0 Å². The maximum Gasteiger partial charge on any atom is 0.225 e. The molecule has 2 aromatic rings. The highest BCUT2D eigenvalue weighted by atomic mass is 16.2. The zero-order chi connectivity index (χ0) is 20.1. The van der Waals surface area contributed by atoms with Gasteiger partial charge in [0, 0.05) is 43.2 Å². The maximum absolute atomic E-state index is 12.7. The normalized spacial score (nSPS) is 20.4. The summed E-state index contributed by atoms with van der Waals surface area (Å²) in [6.07, 6.45) is 7.34. The predicted octanol–water partition coefficient (Wildman–Crippen LogP) is 3.08. The summed E-state index contributed by atoms with van der Waals surface area (Å²) in [5, 5.41) is 9.19. The first-order valence-electron chi connectivity index (χ1n) is 10.9. The zero-order valence-electron chi connectivity index (χ0n) is 17.2. The minimum atomic E-state index is 0.249. The van der Waals surface area contributed by atoms with Crippen molar-refractivity contribution in [1.29, 1.82) is 0 Å². The molecule has 2 fully saturated rings. The van der Waals surface area contributed by atoms with Crippen LogP contribution < -0.4 is 10.6 Å². The lowest BCUT2D eigenvalue weighted by molar-refractivity contribution is -0.134. The Hall–Kier alpha value is -2.63. The van der Waals surface area contributed by atoms with E-state index in [0.717, 1.165) is 55.9 Å². The first kappa shape index (κ1) is 19.7. The fourth-order valence-corrected chi connectivity index (χ4v) is 4.48. The van der Waals surface area contributed by atoms with Gasteiger partial charge in [-0.2, -0.15) is 0 Å². The van der Waals surface area contributed by atoms with E-state index in [0.29, 0.717) is 12.5 Å². The Kier molecular flexibility index (Phi) is 6.27. The first-order valence-corrected chi connectivity index (χ1v) is 10.9. The Bertz CT molecular complexity index is 869. The molecule has 2 N–H and O–H groups in total. The van der Waals surface area contributed by atoms with Crippen LogP contribution in [0.25, 0.3) is 10.8 Å². The molecule has 1 amide bonds. The lowest BCUT2D eigenvalue weighted by atomic mass is 10.1. The average molecular weight is 394 g/mol. The summed E-state index contributed by atoms with van der Waals surface area (Å²) in [5.41, 5.74) is 0.977. The van der Waals surface area contributed by atoms with Gasteiger partial charge in [-0.15, -0.1) is 0 Å². The Labute approximate surface area is 172 Å². The molecule has 6 heteroatoms. The number of aliphatic imine (C=N–C) groups is 1. The van der Waals surface area contributed by atoms with Crippen molar-refractivity contribution in [2.45, 2.75) is 51.6 Å². The number of nitrogens with zero attached hydrogens (tertiary/aromatic N) is 3. The molecule has 4 rings (SSSR count). The van der Waals surface area contributed by atoms with Crippen LogP contribution in [-0.2, 0) is 11.3 Å². The van der Waals surface area contributed by atoms with Crippen LogP contribution in [0.3, 0.4) is 0 Å². The third-order valence-corrected chi connectivity index (χ3v) is 6.03. The Morgan fingerprint density at radius 2 is 2.03 bits per heavy atom. The van der Waals surface area contributed by atoms with E-state index < -0.39 is 0 Å². The highest BCUT2D eigenvalue weighted by Crippen LogP contribution is 2.27. The molecule has 1 aromatic carbocycles. The molecule has 0 bridgehead atoms. The number of hydrogen-bond acceptors (Lipinski definition) is 3. The highest BCUT2D eigenvalue weighted by Gasteiger charge is 2.32. The fourth-order valence-electron chi connectivity index (χ4n) is 4.48. The summed E-state index contributed by atoms with van der Waals surface area (Å²) in [4.78, 5) is 24.0. The van der Waals surface area contributed by atoms with Crippen LogP contribution in [0, 0.1) is 5.92 Å². The minimum absolute atomic E-state index is 0.249. The second-order valence-corrected chi connectivity index (χ2v) is 8.07. The number of carbonyl (C=O) groups is 1. The summed E-state index contributed by atoms with van der Waals surface area (Å²) in [6, 6.07) is 10.5. The van der Waals surface area contributed by atoms with Gasteiger partial charge >= 0.3 is 0 Å². The number of nitrogens with one attached hydrogen (secondary N) is 2. The Morgan fingerprint density at radius 1 is 1.21 bits per heavy atom. The molecule has 2 aliphatic rings. The van der Waals surface area contributed by atoms with Gasteiger partial charge in [-0.05, 0) is 37.6 Å². The molecule has 1 aromatic heterocycles. The van der Waals surface area contributed by atoms with E-state index in [1.54, 1.807) is 0 Å². The standard InChI is InChI=1S/C23H31N5O/c1-2-24-23(26-15-21-20-10-6-5-7-17(20)11-13-25-21)27-19-12-14-28(16-19)22(29)18-8-3-4-9-18/h5-7,10-11,13,18-19H,2-4,8-9,12,14-16H2,1H3,(H2,24,26,27). The van der Waals surface area contributed by atoms with E-state index in [-0.39, 0.29) is 12.0 Å². The van der Waals surface area contributed by atoms with Crippen LogP contribution in [0.2, 0.25) is 0 Å². The number of hydrogen-bond donors (Lipinski definition) is 2. The lowest BCUT2D eigenvalue weighted by Gasteiger charge is -2.21. The van der Waals surface area contributed by atoms with Crippen molar-refractivity contribution in [3.05, 3.63) is 42.2 Å². The second kappa shape index (κ2) is 9.25. The van der Waals surface area contributed by atoms with E-state index >= 15 is 0 Å². The van der Waals surface area contributed by atoms with Crippen LogP contribution in [0.1, 0.15) is 44.7 Å². The molecule has 0 spiro atoms. The van der Waals surface area contributed by atoms with Gasteiger partial charge in [0.05, 0.1) is 12.2 Å². The van der Waals surface area contributed by atoms with Crippen LogP contribution >= 0.6 is 0 Å². The number of rotatable bonds is 5. The highest BCUT2D eigenvalue weighted by molar-refractivity contribution is 5.85. The van der Waals surface area contributed by atoms with Gasteiger partial charge in [0.25, 0.3) is 0 Å². The number of fused-ring (bicyclic) bond motifs is 1. The Balaban J connectivity index is 1.39. The van der Waals surface area contributed by atoms with Crippen molar-refractivity contribution < 1.29 is 4.79 Å². The molecule has 29 heavy (non-hydrogen) atoms. The summed E-state index contributed by atoms with van der Waals surface area (Å²) >= 11 is 0. The molecule has 1 saturated heterocycles. The fraction of sp³-hybridized carbons (Fsp3) is 0.522. The van der Waals surface area contributed by atoms with Crippen LogP contribution in [0.15, 0.2) is 41.5 Å². The summed E-state index contributed by atoms with van der Waals surface area (Å²) in [6.45, 7) is 5.00. The second-order valence-electron chi connectivity index (χ2n) is 8.07. The van der Waals surface area contributed by atoms with E-state index in [1.807, 2.05) is 29.3 Å². The van der Waals surface area contributed by atoms with Gasteiger partial charge in [0.1, 0.15) is 0 Å². The van der Waals surface area contributed by atoms with Gasteiger partial charge in [0.15, 0.2) is 5.96 Å². The molecular formula is C23H31N5O. The monoisotopic (exact) mass is 393 g/mol. The molecule has 1 atom stereocenters. The SMILES string of the molecule is CCNC(=NCc1nccc2ccccc12)NC1CCN(C(=O)C2CCCC2)C1. The van der Waals surface area contributed by atoms with Gasteiger partial charge in [-0.1, -0.05) is 37.1 Å². The molecule has 6 nitrogen and oxygen atoms in total. The van der Waals surface area contributed by atoms with E-state index in [4.69, 9.17) is 4.99 Å². The average Bonchev–Trinajstić information content (AvgIpc) is 3.44. The molecule has 1 aliphatic carbocycles. The predicted molar refractivity (Wildman–Crippen MR) is 117 cm³/mol. The minimum Gasteiger partial charge on any atom is -0.357 e. The molecule has 2 heterocycles. The van der Waals surface area contributed by atoms with Gasteiger partial charge < -0.3 is 15.5 Å². The maximum atomic E-state index is 12.7. The quantitative estimate of drug-likeness (QED) is 0.605. The molecule has 1 saturated carbocycles. The van der Waals surface area contributed by atoms with Gasteiger partial charge in [-0.25, -0.2) is 4.99 Å².